The molecule has 1 spiro atoms. The van der Waals surface area contributed by atoms with Gasteiger partial charge < -0.3 is 24.8 Å². The number of fused-ring (bicyclic) bond motifs is 4. The van der Waals surface area contributed by atoms with Gasteiger partial charge in [-0.15, -0.1) is 0 Å². The van der Waals surface area contributed by atoms with Gasteiger partial charge in [0.15, 0.2) is 0 Å². The molecule has 10 heteroatoms. The zero-order chi connectivity index (χ0) is 28.0. The van der Waals surface area contributed by atoms with Crippen molar-refractivity contribution >= 4 is 11.5 Å². The van der Waals surface area contributed by atoms with Gasteiger partial charge in [0.05, 0.1) is 42.0 Å². The second kappa shape index (κ2) is 10.7. The lowest BCUT2D eigenvalue weighted by Crippen LogP contribution is -2.44. The average molecular weight is 563 g/mol. The molecule has 0 radical (unpaired) electrons. The van der Waals surface area contributed by atoms with E-state index in [2.05, 4.69) is 28.0 Å². The van der Waals surface area contributed by atoms with Gasteiger partial charge in [0.1, 0.15) is 18.6 Å². The highest BCUT2D eigenvalue weighted by atomic mass is 19.1. The summed E-state index contributed by atoms with van der Waals surface area (Å²) in [5.41, 5.74) is 10.6. The Morgan fingerprint density at radius 1 is 1.17 bits per heavy atom. The van der Waals surface area contributed by atoms with Gasteiger partial charge in [-0.1, -0.05) is 6.07 Å². The third-order valence-electron chi connectivity index (χ3n) is 9.85. The summed E-state index contributed by atoms with van der Waals surface area (Å²) in [4.78, 5) is 14.5. The average Bonchev–Trinajstić information content (AvgIpc) is 3.38. The number of anilines is 2. The normalized spacial score (nSPS) is 31.3. The van der Waals surface area contributed by atoms with Gasteiger partial charge in [0.2, 0.25) is 0 Å². The minimum Gasteiger partial charge on any atom is -0.461 e. The van der Waals surface area contributed by atoms with Gasteiger partial charge in [0, 0.05) is 50.3 Å². The first-order valence-electron chi connectivity index (χ1n) is 15.2. The molecule has 218 valence electrons. The van der Waals surface area contributed by atoms with E-state index in [0.717, 1.165) is 79.9 Å². The van der Waals surface area contributed by atoms with Crippen LogP contribution in [0.15, 0.2) is 18.2 Å². The number of hydrogen-bond donors (Lipinski definition) is 1. The molecule has 1 aromatic carbocycles. The fraction of sp³-hybridized carbons (Fsp3) is 0.645. The Hall–Kier alpha value is -3.00. The molecule has 4 atom stereocenters. The number of benzene rings is 1. The van der Waals surface area contributed by atoms with Crippen molar-refractivity contribution in [1.82, 2.24) is 14.9 Å². The van der Waals surface area contributed by atoms with Gasteiger partial charge in [-0.3, -0.25) is 4.90 Å². The van der Waals surface area contributed by atoms with Crippen molar-refractivity contribution in [1.29, 1.82) is 5.26 Å². The highest BCUT2D eigenvalue weighted by molar-refractivity contribution is 5.54. The van der Waals surface area contributed by atoms with Crippen LogP contribution in [0.5, 0.6) is 6.01 Å². The van der Waals surface area contributed by atoms with Crippen LogP contribution in [0.1, 0.15) is 67.3 Å². The number of rotatable bonds is 5. The number of hydrogen-bond acceptors (Lipinski definition) is 9. The van der Waals surface area contributed by atoms with Crippen molar-refractivity contribution in [2.75, 3.05) is 50.0 Å². The zero-order valence-corrected chi connectivity index (χ0v) is 23.6. The van der Waals surface area contributed by atoms with Crippen molar-refractivity contribution < 1.29 is 18.6 Å². The Morgan fingerprint density at radius 3 is 3.00 bits per heavy atom. The molecule has 1 aliphatic carbocycles. The van der Waals surface area contributed by atoms with Crippen molar-refractivity contribution in [3.63, 3.8) is 0 Å². The monoisotopic (exact) mass is 562 g/mol. The van der Waals surface area contributed by atoms with Crippen LogP contribution < -0.4 is 15.4 Å². The third kappa shape index (κ3) is 4.92. The van der Waals surface area contributed by atoms with E-state index in [9.17, 15) is 9.65 Å². The SMILES string of the molecule is N#CCC1CN(c2nc(OCC34CCCN3CC(F)C4)nc3c2COC2(CCCc4ccc(N)cc42)C3)CCCO1. The quantitative estimate of drug-likeness (QED) is 0.544. The van der Waals surface area contributed by atoms with Crippen molar-refractivity contribution in [2.24, 2.45) is 0 Å². The Bertz CT molecular complexity index is 1350. The third-order valence-corrected chi connectivity index (χ3v) is 9.85. The predicted octanol–water partition coefficient (Wildman–Crippen LogP) is 3.83. The minimum absolute atomic E-state index is 0.188. The maximum atomic E-state index is 14.4. The van der Waals surface area contributed by atoms with Crippen molar-refractivity contribution in [3.8, 4) is 12.1 Å². The van der Waals surface area contributed by atoms with E-state index in [1.807, 2.05) is 6.07 Å². The largest absolute Gasteiger partial charge is 0.461 e. The number of nitrogens with two attached hydrogens (primary N) is 1. The molecule has 4 unspecified atom stereocenters. The van der Waals surface area contributed by atoms with Gasteiger partial charge in [-0.2, -0.15) is 15.2 Å². The molecule has 7 rings (SSSR count). The van der Waals surface area contributed by atoms with Crippen LogP contribution >= 0.6 is 0 Å². The Balaban J connectivity index is 1.25. The predicted molar refractivity (Wildman–Crippen MR) is 151 cm³/mol. The van der Waals surface area contributed by atoms with Gasteiger partial charge in [0.25, 0.3) is 0 Å². The lowest BCUT2D eigenvalue weighted by atomic mass is 9.74. The number of ether oxygens (including phenoxy) is 3. The lowest BCUT2D eigenvalue weighted by molar-refractivity contribution is -0.0855. The van der Waals surface area contributed by atoms with Gasteiger partial charge >= 0.3 is 6.01 Å². The topological polar surface area (TPSA) is 110 Å². The fourth-order valence-corrected chi connectivity index (χ4v) is 7.88. The lowest BCUT2D eigenvalue weighted by Gasteiger charge is -2.43. The number of aromatic nitrogens is 2. The molecule has 2 N–H and O–H groups in total. The van der Waals surface area contributed by atoms with Crippen molar-refractivity contribution in [2.45, 2.75) is 87.8 Å². The molecule has 4 aliphatic heterocycles. The van der Waals surface area contributed by atoms with Crippen LogP contribution in [0.4, 0.5) is 15.9 Å². The number of nitrogens with zero attached hydrogens (tertiary/aromatic N) is 5. The number of nitrogen functional groups attached to an aromatic ring is 1. The van der Waals surface area contributed by atoms with E-state index in [1.165, 1.54) is 5.56 Å². The highest BCUT2D eigenvalue weighted by Gasteiger charge is 2.50. The Labute approximate surface area is 240 Å². The van der Waals surface area contributed by atoms with Crippen molar-refractivity contribution in [3.05, 3.63) is 40.6 Å². The van der Waals surface area contributed by atoms with Gasteiger partial charge in [-0.05, 0) is 68.3 Å². The maximum Gasteiger partial charge on any atom is 0.318 e. The van der Waals surface area contributed by atoms with E-state index in [1.54, 1.807) is 0 Å². The molecule has 0 bridgehead atoms. The molecule has 5 aliphatic rings. The maximum absolute atomic E-state index is 14.4. The second-order valence-electron chi connectivity index (χ2n) is 12.5. The molecule has 3 fully saturated rings. The first-order valence-corrected chi connectivity index (χ1v) is 15.2. The minimum atomic E-state index is -0.816. The van der Waals surface area contributed by atoms with Crippen LogP contribution in [0, 0.1) is 11.3 Å². The molecule has 1 aromatic heterocycles. The first-order chi connectivity index (χ1) is 20.0. The summed E-state index contributed by atoms with van der Waals surface area (Å²) in [6.07, 6.45) is 6.21. The number of aryl methyl sites for hydroxylation is 1. The summed E-state index contributed by atoms with van der Waals surface area (Å²) in [6, 6.07) is 8.76. The second-order valence-corrected chi connectivity index (χ2v) is 12.5. The summed E-state index contributed by atoms with van der Waals surface area (Å²) in [5, 5.41) is 9.36. The smallest absolute Gasteiger partial charge is 0.318 e. The van der Waals surface area contributed by atoms with E-state index >= 15 is 0 Å². The summed E-state index contributed by atoms with van der Waals surface area (Å²) in [5.74, 6) is 0.799. The highest BCUT2D eigenvalue weighted by Crippen LogP contribution is 2.47. The van der Waals surface area contributed by atoms with Crippen LogP contribution in [0.2, 0.25) is 0 Å². The van der Waals surface area contributed by atoms with E-state index in [-0.39, 0.29) is 11.6 Å². The van der Waals surface area contributed by atoms with Crippen LogP contribution in [0.3, 0.4) is 0 Å². The number of halogens is 1. The first kappa shape index (κ1) is 26.9. The number of alkyl halides is 1. The number of nitriles is 1. The summed E-state index contributed by atoms with van der Waals surface area (Å²) >= 11 is 0. The van der Waals surface area contributed by atoms with E-state index in [4.69, 9.17) is 29.9 Å². The molecule has 2 aromatic rings. The Kier molecular flexibility index (Phi) is 7.00. The van der Waals surface area contributed by atoms with E-state index < -0.39 is 11.8 Å². The standard InChI is InChI=1S/C31H39FN6O3/c32-22-15-30(8-2-12-38(30)17-22)20-40-29-35-27-16-31(9-1-4-21-5-6-23(34)14-26(21)31)41-19-25(27)28(36-29)37-11-3-13-39-24(18-37)7-10-33/h5-6,14,22,24H,1-4,7-9,11-13,15-20,34H2. The molecular weight excluding hydrogens is 523 g/mol. The molecule has 0 saturated carbocycles. The van der Waals surface area contributed by atoms with Crippen LogP contribution in [-0.4, -0.2) is 72.1 Å². The molecule has 3 saturated heterocycles. The molecule has 5 heterocycles. The zero-order valence-electron chi connectivity index (χ0n) is 23.6. The summed E-state index contributed by atoms with van der Waals surface area (Å²) in [6.45, 7) is 4.11. The van der Waals surface area contributed by atoms with Crippen LogP contribution in [0.25, 0.3) is 0 Å². The molecular formula is C31H39FN6O3. The molecule has 0 amide bonds. The summed E-state index contributed by atoms with van der Waals surface area (Å²) in [7, 11) is 0. The summed E-state index contributed by atoms with van der Waals surface area (Å²) < 4.78 is 33.6. The Morgan fingerprint density at radius 2 is 2.10 bits per heavy atom. The molecule has 9 nitrogen and oxygen atoms in total. The molecule has 41 heavy (non-hydrogen) atoms. The van der Waals surface area contributed by atoms with E-state index in [0.29, 0.717) is 58.2 Å². The fourth-order valence-electron chi connectivity index (χ4n) is 7.88. The van der Waals surface area contributed by atoms with Crippen LogP contribution in [-0.2, 0) is 34.5 Å². The van der Waals surface area contributed by atoms with Gasteiger partial charge in [-0.25, -0.2) is 4.39 Å².